The number of benzene rings is 2. The standard InChI is InChI=1S/C24H28N2O5S/c1-3-31-21-11-7-6-10-20(21)25-32(29,30)22-14-17(13-12-16(22)2)15-26-23(27)18-8-4-5-9-19(18)24(26)28/h6-7,10-14,18-19,25H,3-5,8-9,15H2,1-2H3/t18-,19-/m1/s1. The van der Waals surface area contributed by atoms with Crippen molar-refractivity contribution in [1.29, 1.82) is 0 Å². The topological polar surface area (TPSA) is 92.8 Å². The summed E-state index contributed by atoms with van der Waals surface area (Å²) < 4.78 is 34.5. The zero-order valence-electron chi connectivity index (χ0n) is 18.3. The number of likely N-dealkylation sites (tertiary alicyclic amines) is 1. The van der Waals surface area contributed by atoms with Crippen LogP contribution in [0.4, 0.5) is 5.69 Å². The Hall–Kier alpha value is -2.87. The molecular formula is C24H28N2O5S. The van der Waals surface area contributed by atoms with Crippen LogP contribution in [0.1, 0.15) is 43.7 Å². The second-order valence-electron chi connectivity index (χ2n) is 8.39. The van der Waals surface area contributed by atoms with Crippen LogP contribution in [0.25, 0.3) is 0 Å². The Labute approximate surface area is 188 Å². The second-order valence-corrected chi connectivity index (χ2v) is 10.0. The summed E-state index contributed by atoms with van der Waals surface area (Å²) in [6.45, 7) is 4.04. The van der Waals surface area contributed by atoms with Gasteiger partial charge in [-0.15, -0.1) is 0 Å². The zero-order chi connectivity index (χ0) is 22.9. The van der Waals surface area contributed by atoms with Crippen LogP contribution >= 0.6 is 0 Å². The quantitative estimate of drug-likeness (QED) is 0.639. The van der Waals surface area contributed by atoms with Gasteiger partial charge in [-0.25, -0.2) is 8.42 Å². The fourth-order valence-electron chi connectivity index (χ4n) is 4.63. The lowest BCUT2D eigenvalue weighted by Crippen LogP contribution is -2.30. The van der Waals surface area contributed by atoms with E-state index in [9.17, 15) is 18.0 Å². The van der Waals surface area contributed by atoms with Crippen LogP contribution < -0.4 is 9.46 Å². The van der Waals surface area contributed by atoms with Gasteiger partial charge in [0.25, 0.3) is 10.0 Å². The van der Waals surface area contributed by atoms with Gasteiger partial charge < -0.3 is 4.74 Å². The molecule has 0 unspecified atom stereocenters. The van der Waals surface area contributed by atoms with Crippen LogP contribution in [-0.2, 0) is 26.2 Å². The van der Waals surface area contributed by atoms with E-state index in [1.807, 2.05) is 6.92 Å². The molecule has 4 rings (SSSR count). The Balaban J connectivity index is 1.59. The Morgan fingerprint density at radius 2 is 1.69 bits per heavy atom. The minimum absolute atomic E-state index is 0.0863. The van der Waals surface area contributed by atoms with Crippen molar-refractivity contribution in [2.75, 3.05) is 11.3 Å². The van der Waals surface area contributed by atoms with Gasteiger partial charge in [0.05, 0.1) is 35.6 Å². The van der Waals surface area contributed by atoms with E-state index in [0.717, 1.165) is 25.7 Å². The molecule has 0 bridgehead atoms. The first kappa shape index (κ1) is 22.3. The van der Waals surface area contributed by atoms with Crippen LogP contribution in [-0.4, -0.2) is 31.7 Å². The van der Waals surface area contributed by atoms with E-state index in [1.165, 1.54) is 4.90 Å². The third kappa shape index (κ3) is 4.24. The molecule has 8 heteroatoms. The number of rotatable bonds is 7. The molecule has 0 radical (unpaired) electrons. The Morgan fingerprint density at radius 1 is 1.03 bits per heavy atom. The molecule has 7 nitrogen and oxygen atoms in total. The molecule has 2 aliphatic rings. The van der Waals surface area contributed by atoms with Gasteiger partial charge in [-0.3, -0.25) is 19.2 Å². The monoisotopic (exact) mass is 456 g/mol. The van der Waals surface area contributed by atoms with Gasteiger partial charge in [0.1, 0.15) is 5.75 Å². The van der Waals surface area contributed by atoms with Gasteiger partial charge >= 0.3 is 0 Å². The second kappa shape index (κ2) is 8.94. The maximum atomic E-state index is 13.2. The van der Waals surface area contributed by atoms with Crippen molar-refractivity contribution in [3.05, 3.63) is 53.6 Å². The Kier molecular flexibility index (Phi) is 6.24. The van der Waals surface area contributed by atoms with Crippen molar-refractivity contribution in [2.45, 2.75) is 51.0 Å². The maximum absolute atomic E-state index is 13.2. The highest BCUT2D eigenvalue weighted by Crippen LogP contribution is 2.38. The van der Waals surface area contributed by atoms with E-state index >= 15 is 0 Å². The summed E-state index contributed by atoms with van der Waals surface area (Å²) in [5, 5.41) is 0. The molecule has 1 saturated carbocycles. The molecule has 2 atom stereocenters. The van der Waals surface area contributed by atoms with Crippen molar-refractivity contribution >= 4 is 27.5 Å². The molecule has 2 amide bonds. The van der Waals surface area contributed by atoms with Gasteiger partial charge in [0.15, 0.2) is 0 Å². The minimum Gasteiger partial charge on any atom is -0.492 e. The molecule has 2 aromatic carbocycles. The average Bonchev–Trinajstić information content (AvgIpc) is 3.01. The molecule has 2 aromatic rings. The Bertz CT molecular complexity index is 1120. The van der Waals surface area contributed by atoms with Crippen LogP contribution in [0.5, 0.6) is 5.75 Å². The van der Waals surface area contributed by atoms with E-state index in [-0.39, 0.29) is 35.1 Å². The molecule has 1 aliphatic heterocycles. The van der Waals surface area contributed by atoms with E-state index < -0.39 is 10.0 Å². The summed E-state index contributed by atoms with van der Waals surface area (Å²) in [4.78, 5) is 27.0. The Morgan fingerprint density at radius 3 is 2.34 bits per heavy atom. The highest BCUT2D eigenvalue weighted by molar-refractivity contribution is 7.92. The smallest absolute Gasteiger partial charge is 0.262 e. The average molecular weight is 457 g/mol. The van der Waals surface area contributed by atoms with E-state index in [2.05, 4.69) is 4.72 Å². The van der Waals surface area contributed by atoms with Gasteiger partial charge in [-0.2, -0.15) is 0 Å². The van der Waals surface area contributed by atoms with Gasteiger partial charge in [0.2, 0.25) is 11.8 Å². The fraction of sp³-hybridized carbons (Fsp3) is 0.417. The van der Waals surface area contributed by atoms with Crippen molar-refractivity contribution in [1.82, 2.24) is 4.90 Å². The van der Waals surface area contributed by atoms with Crippen LogP contribution in [0, 0.1) is 18.8 Å². The summed E-state index contributed by atoms with van der Waals surface area (Å²) in [6, 6.07) is 11.9. The first-order chi connectivity index (χ1) is 15.3. The number of para-hydroxylation sites is 2. The normalized spacial score (nSPS) is 20.9. The zero-order valence-corrected chi connectivity index (χ0v) is 19.2. The van der Waals surface area contributed by atoms with Crippen molar-refractivity contribution < 1.29 is 22.7 Å². The van der Waals surface area contributed by atoms with Crippen LogP contribution in [0.3, 0.4) is 0 Å². The highest BCUT2D eigenvalue weighted by Gasteiger charge is 2.47. The van der Waals surface area contributed by atoms with Crippen molar-refractivity contribution in [3.63, 3.8) is 0 Å². The van der Waals surface area contributed by atoms with E-state index in [1.54, 1.807) is 49.4 Å². The molecule has 1 N–H and O–H groups in total. The third-order valence-electron chi connectivity index (χ3n) is 6.25. The number of anilines is 1. The molecule has 1 heterocycles. The number of imide groups is 1. The lowest BCUT2D eigenvalue weighted by Gasteiger charge is -2.19. The maximum Gasteiger partial charge on any atom is 0.262 e. The molecule has 0 spiro atoms. The number of carbonyl (C=O) groups excluding carboxylic acids is 2. The predicted octanol–water partition coefficient (Wildman–Crippen LogP) is 3.87. The summed E-state index contributed by atoms with van der Waals surface area (Å²) in [5.74, 6) is -0.256. The van der Waals surface area contributed by atoms with Crippen LogP contribution in [0.15, 0.2) is 47.4 Å². The number of hydrogen-bond acceptors (Lipinski definition) is 5. The summed E-state index contributed by atoms with van der Waals surface area (Å²) in [5.41, 5.74) is 1.53. The molecule has 1 aliphatic carbocycles. The third-order valence-corrected chi connectivity index (χ3v) is 7.75. The van der Waals surface area contributed by atoms with Crippen molar-refractivity contribution in [3.8, 4) is 5.75 Å². The summed E-state index contributed by atoms with van der Waals surface area (Å²) in [7, 11) is -3.91. The molecule has 0 aromatic heterocycles. The SMILES string of the molecule is CCOc1ccccc1NS(=O)(=O)c1cc(CN2C(=O)[C@@H]3CCCC[C@H]3C2=O)ccc1C. The highest BCUT2D eigenvalue weighted by atomic mass is 32.2. The number of nitrogens with one attached hydrogen (secondary N) is 1. The number of sulfonamides is 1. The van der Waals surface area contributed by atoms with Gasteiger partial charge in [-0.1, -0.05) is 37.1 Å². The fourth-order valence-corrected chi connectivity index (χ4v) is 6.00. The van der Waals surface area contributed by atoms with Gasteiger partial charge in [-0.05, 0) is 56.0 Å². The number of aryl methyl sites for hydroxylation is 1. The number of fused-ring (bicyclic) bond motifs is 1. The first-order valence-electron chi connectivity index (χ1n) is 11.0. The predicted molar refractivity (Wildman–Crippen MR) is 121 cm³/mol. The molecule has 1 saturated heterocycles. The largest absolute Gasteiger partial charge is 0.492 e. The number of amides is 2. The lowest BCUT2D eigenvalue weighted by molar-refractivity contribution is -0.140. The molecule has 2 fully saturated rings. The first-order valence-corrected chi connectivity index (χ1v) is 12.5. The number of ether oxygens (including phenoxy) is 1. The number of carbonyl (C=O) groups is 2. The van der Waals surface area contributed by atoms with E-state index in [4.69, 9.17) is 4.74 Å². The number of hydrogen-bond donors (Lipinski definition) is 1. The van der Waals surface area contributed by atoms with Crippen LogP contribution in [0.2, 0.25) is 0 Å². The number of nitrogens with zero attached hydrogens (tertiary/aromatic N) is 1. The lowest BCUT2D eigenvalue weighted by atomic mass is 9.81. The minimum atomic E-state index is -3.91. The van der Waals surface area contributed by atoms with Crippen molar-refractivity contribution in [2.24, 2.45) is 11.8 Å². The van der Waals surface area contributed by atoms with Gasteiger partial charge in [0, 0.05) is 0 Å². The van der Waals surface area contributed by atoms with E-state index in [0.29, 0.717) is 29.2 Å². The molecule has 170 valence electrons. The molecule has 32 heavy (non-hydrogen) atoms. The molecular weight excluding hydrogens is 428 g/mol. The summed E-state index contributed by atoms with van der Waals surface area (Å²) >= 11 is 0. The summed E-state index contributed by atoms with van der Waals surface area (Å²) in [6.07, 6.45) is 3.44.